The molecule has 1 N–H and O–H groups in total. The van der Waals surface area contributed by atoms with Gasteiger partial charge in [-0.3, -0.25) is 4.79 Å². The normalized spacial score (nSPS) is 18.6. The molecule has 3 rings (SSSR count). The molecule has 1 amide bonds. The fourth-order valence-electron chi connectivity index (χ4n) is 3.24. The molecule has 1 unspecified atom stereocenters. The van der Waals surface area contributed by atoms with Crippen LogP contribution in [0.2, 0.25) is 0 Å². The third-order valence-electron chi connectivity index (χ3n) is 4.72. The average Bonchev–Trinajstić information content (AvgIpc) is 3.09. The van der Waals surface area contributed by atoms with Crippen molar-refractivity contribution in [1.29, 1.82) is 0 Å². The van der Waals surface area contributed by atoms with Crippen molar-refractivity contribution in [2.24, 2.45) is 5.92 Å². The van der Waals surface area contributed by atoms with Gasteiger partial charge in [-0.1, -0.05) is 25.1 Å². The molecule has 0 bridgehead atoms. The quantitative estimate of drug-likeness (QED) is 0.844. The molecular weight excluding hydrogens is 368 g/mol. The third-order valence-corrected chi connectivity index (χ3v) is 8.05. The number of anilines is 1. The lowest BCUT2D eigenvalue weighted by Gasteiger charge is -2.31. The molecule has 0 saturated carbocycles. The number of para-hydroxylation sites is 1. The maximum Gasteiger partial charge on any atom is 0.252 e. The number of rotatable bonds is 5. The lowest BCUT2D eigenvalue weighted by Crippen LogP contribution is -2.43. The van der Waals surface area contributed by atoms with Crippen LogP contribution in [0.15, 0.2) is 40.6 Å². The highest BCUT2D eigenvalue weighted by molar-refractivity contribution is 7.91. The van der Waals surface area contributed by atoms with Crippen molar-refractivity contribution < 1.29 is 13.2 Å². The maximum absolute atomic E-state index is 12.8. The summed E-state index contributed by atoms with van der Waals surface area (Å²) < 4.78 is 27.5. The number of thiophene rings is 1. The number of piperidine rings is 1. The minimum absolute atomic E-state index is 0.104. The first kappa shape index (κ1) is 19.1. The number of amides is 1. The lowest BCUT2D eigenvalue weighted by molar-refractivity contribution is -0.120. The summed E-state index contributed by atoms with van der Waals surface area (Å²) in [4.78, 5) is 13.7. The Morgan fingerprint density at radius 3 is 2.73 bits per heavy atom. The topological polar surface area (TPSA) is 66.5 Å². The Balaban J connectivity index is 1.73. The van der Waals surface area contributed by atoms with Crippen molar-refractivity contribution in [1.82, 2.24) is 4.31 Å². The van der Waals surface area contributed by atoms with Gasteiger partial charge >= 0.3 is 0 Å². The van der Waals surface area contributed by atoms with E-state index >= 15 is 0 Å². The van der Waals surface area contributed by atoms with Crippen molar-refractivity contribution in [3.8, 4) is 0 Å². The third kappa shape index (κ3) is 4.00. The zero-order valence-corrected chi connectivity index (χ0v) is 16.7. The summed E-state index contributed by atoms with van der Waals surface area (Å²) in [7, 11) is -3.52. The number of benzene rings is 1. The number of carbonyl (C=O) groups excluding carboxylic acids is 1. The highest BCUT2D eigenvalue weighted by Crippen LogP contribution is 2.29. The molecule has 1 aliphatic rings. The van der Waals surface area contributed by atoms with E-state index in [0.29, 0.717) is 23.6 Å². The number of hydrogen-bond acceptors (Lipinski definition) is 4. The van der Waals surface area contributed by atoms with E-state index in [1.807, 2.05) is 44.2 Å². The van der Waals surface area contributed by atoms with Crippen LogP contribution in [0.4, 0.5) is 5.69 Å². The Hall–Kier alpha value is -1.70. The summed E-state index contributed by atoms with van der Waals surface area (Å²) in [5, 5.41) is 2.99. The standard InChI is InChI=1S/C19H24N2O3S2/c1-3-15-7-4-5-9-17(15)20-19(22)16-8-6-12-21(13-16)26(23,24)18-11-10-14(2)25-18/h4-5,7,9-11,16H,3,6,8,12-13H2,1-2H3,(H,20,22). The number of nitrogens with zero attached hydrogens (tertiary/aromatic N) is 1. The fourth-order valence-corrected chi connectivity index (χ4v) is 6.20. The van der Waals surface area contributed by atoms with Gasteiger partial charge in [0.05, 0.1) is 5.92 Å². The molecule has 0 radical (unpaired) electrons. The Kier molecular flexibility index (Phi) is 5.79. The van der Waals surface area contributed by atoms with E-state index in [1.54, 1.807) is 6.07 Å². The average molecular weight is 393 g/mol. The molecule has 0 aliphatic carbocycles. The van der Waals surface area contributed by atoms with E-state index in [0.717, 1.165) is 22.5 Å². The van der Waals surface area contributed by atoms with Crippen molar-refractivity contribution in [3.63, 3.8) is 0 Å². The van der Waals surface area contributed by atoms with Gasteiger partial charge in [0.25, 0.3) is 10.0 Å². The molecule has 2 aromatic rings. The van der Waals surface area contributed by atoms with Crippen molar-refractivity contribution in [2.45, 2.75) is 37.3 Å². The molecule has 1 saturated heterocycles. The van der Waals surface area contributed by atoms with Gasteiger partial charge in [-0.25, -0.2) is 8.42 Å². The highest BCUT2D eigenvalue weighted by atomic mass is 32.2. The van der Waals surface area contributed by atoms with Gasteiger partial charge in [-0.2, -0.15) is 4.31 Å². The van der Waals surface area contributed by atoms with Gasteiger partial charge in [0.1, 0.15) is 4.21 Å². The number of hydrogen-bond donors (Lipinski definition) is 1. The first-order valence-electron chi connectivity index (χ1n) is 8.87. The molecule has 26 heavy (non-hydrogen) atoms. The van der Waals surface area contributed by atoms with Crippen LogP contribution in [-0.2, 0) is 21.2 Å². The van der Waals surface area contributed by atoms with Crippen molar-refractivity contribution in [2.75, 3.05) is 18.4 Å². The van der Waals surface area contributed by atoms with Gasteiger partial charge in [0.2, 0.25) is 5.91 Å². The molecule has 2 heterocycles. The van der Waals surface area contributed by atoms with E-state index in [2.05, 4.69) is 5.32 Å². The van der Waals surface area contributed by atoms with E-state index in [-0.39, 0.29) is 18.4 Å². The number of carbonyl (C=O) groups is 1. The largest absolute Gasteiger partial charge is 0.326 e. The molecule has 1 aliphatic heterocycles. The van der Waals surface area contributed by atoms with Crippen LogP contribution >= 0.6 is 11.3 Å². The molecule has 5 nitrogen and oxygen atoms in total. The van der Waals surface area contributed by atoms with Crippen LogP contribution in [0.5, 0.6) is 0 Å². The van der Waals surface area contributed by atoms with Gasteiger partial charge in [-0.15, -0.1) is 11.3 Å². The van der Waals surface area contributed by atoms with Gasteiger partial charge in [-0.05, 0) is 49.9 Å². The smallest absolute Gasteiger partial charge is 0.252 e. The second-order valence-corrected chi connectivity index (χ2v) is 10.0. The Bertz CT molecular complexity index is 890. The molecule has 1 aromatic carbocycles. The maximum atomic E-state index is 12.8. The van der Waals surface area contributed by atoms with Gasteiger partial charge < -0.3 is 5.32 Å². The first-order valence-corrected chi connectivity index (χ1v) is 11.1. The number of sulfonamides is 1. The minimum atomic E-state index is -3.52. The van der Waals surface area contributed by atoms with Gasteiger partial charge in [0.15, 0.2) is 0 Å². The van der Waals surface area contributed by atoms with E-state index < -0.39 is 10.0 Å². The second kappa shape index (κ2) is 7.90. The van der Waals surface area contributed by atoms with Crippen molar-refractivity contribution >= 4 is 33.0 Å². The van der Waals surface area contributed by atoms with Crippen LogP contribution in [0, 0.1) is 12.8 Å². The summed E-state index contributed by atoms with van der Waals surface area (Å²) in [5.41, 5.74) is 1.89. The van der Waals surface area contributed by atoms with Crippen LogP contribution in [0.3, 0.4) is 0 Å². The highest BCUT2D eigenvalue weighted by Gasteiger charge is 2.34. The molecule has 140 valence electrons. The SMILES string of the molecule is CCc1ccccc1NC(=O)C1CCCN(S(=O)(=O)c2ccc(C)s2)C1. The van der Waals surface area contributed by atoms with Crippen LogP contribution in [-0.4, -0.2) is 31.7 Å². The molecule has 1 fully saturated rings. The first-order chi connectivity index (χ1) is 12.4. The lowest BCUT2D eigenvalue weighted by atomic mass is 9.98. The molecule has 1 atom stereocenters. The van der Waals surface area contributed by atoms with Crippen LogP contribution in [0.25, 0.3) is 0 Å². The van der Waals surface area contributed by atoms with E-state index in [4.69, 9.17) is 0 Å². The second-order valence-electron chi connectivity index (χ2n) is 6.57. The fraction of sp³-hybridized carbons (Fsp3) is 0.421. The van der Waals surface area contributed by atoms with Gasteiger partial charge in [0, 0.05) is 23.7 Å². The summed E-state index contributed by atoms with van der Waals surface area (Å²) in [6.45, 7) is 4.64. The van der Waals surface area contributed by atoms with Crippen molar-refractivity contribution in [3.05, 3.63) is 46.8 Å². The zero-order chi connectivity index (χ0) is 18.7. The summed E-state index contributed by atoms with van der Waals surface area (Å²) >= 11 is 1.28. The molecule has 1 aromatic heterocycles. The summed E-state index contributed by atoms with van der Waals surface area (Å²) in [5.74, 6) is -0.433. The summed E-state index contributed by atoms with van der Waals surface area (Å²) in [6.07, 6.45) is 2.23. The Morgan fingerprint density at radius 2 is 2.04 bits per heavy atom. The predicted octanol–water partition coefficient (Wildman–Crippen LogP) is 3.66. The predicted molar refractivity (Wildman–Crippen MR) is 105 cm³/mol. The monoisotopic (exact) mass is 392 g/mol. The van der Waals surface area contributed by atoms with Crippen LogP contribution in [0.1, 0.15) is 30.2 Å². The summed E-state index contributed by atoms with van der Waals surface area (Å²) in [6, 6.07) is 11.2. The van der Waals surface area contributed by atoms with Crippen LogP contribution < -0.4 is 5.32 Å². The number of aryl methyl sites for hydroxylation is 2. The van der Waals surface area contributed by atoms with E-state index in [9.17, 15) is 13.2 Å². The molecular formula is C19H24N2O3S2. The number of nitrogens with one attached hydrogen (secondary N) is 1. The zero-order valence-electron chi connectivity index (χ0n) is 15.1. The Morgan fingerprint density at radius 1 is 1.27 bits per heavy atom. The van der Waals surface area contributed by atoms with E-state index in [1.165, 1.54) is 15.6 Å². The molecule has 7 heteroatoms. The Labute approximate surface area is 159 Å². The molecule has 0 spiro atoms. The minimum Gasteiger partial charge on any atom is -0.326 e.